The Morgan fingerprint density at radius 3 is 2.52 bits per heavy atom. The minimum absolute atomic E-state index is 0.297. The van der Waals surface area contributed by atoms with Crippen LogP contribution in [-0.4, -0.2) is 49.1 Å². The Kier molecular flexibility index (Phi) is 5.67. The number of nitrogens with two attached hydrogens (primary N) is 1. The van der Waals surface area contributed by atoms with Crippen LogP contribution in [0.1, 0.15) is 31.4 Å². The molecule has 1 saturated heterocycles. The fraction of sp³-hybridized carbons (Fsp3) is 0.625. The van der Waals surface area contributed by atoms with Crippen molar-refractivity contribution >= 4 is 0 Å². The topological polar surface area (TPSA) is 32.5 Å². The van der Waals surface area contributed by atoms with Crippen molar-refractivity contribution in [3.05, 3.63) is 35.4 Å². The standard InChI is InChI=1S/C16H25F2N3/c1-3-21-8-6-13(7-9-21)20(2)11-16(19)12-4-5-14(17)15(18)10-12/h4-5,10,13,16H,3,6-9,11,19H2,1-2H3. The van der Waals surface area contributed by atoms with E-state index in [9.17, 15) is 8.78 Å². The summed E-state index contributed by atoms with van der Waals surface area (Å²) in [4.78, 5) is 4.69. The van der Waals surface area contributed by atoms with Crippen LogP contribution in [0.3, 0.4) is 0 Å². The van der Waals surface area contributed by atoms with E-state index in [-0.39, 0.29) is 6.04 Å². The van der Waals surface area contributed by atoms with Gasteiger partial charge in [-0.3, -0.25) is 0 Å². The van der Waals surface area contributed by atoms with E-state index in [2.05, 4.69) is 23.8 Å². The van der Waals surface area contributed by atoms with Crippen molar-refractivity contribution in [1.82, 2.24) is 9.80 Å². The van der Waals surface area contributed by atoms with Crippen LogP contribution in [0.25, 0.3) is 0 Å². The quantitative estimate of drug-likeness (QED) is 0.906. The van der Waals surface area contributed by atoms with E-state index in [0.717, 1.165) is 38.5 Å². The maximum atomic E-state index is 13.3. The molecule has 1 atom stereocenters. The van der Waals surface area contributed by atoms with E-state index < -0.39 is 11.6 Å². The molecule has 0 aliphatic carbocycles. The fourth-order valence-electron chi connectivity index (χ4n) is 2.98. The average Bonchev–Trinajstić information content (AvgIpc) is 2.50. The van der Waals surface area contributed by atoms with E-state index in [1.54, 1.807) is 6.07 Å². The molecule has 21 heavy (non-hydrogen) atoms. The van der Waals surface area contributed by atoms with Crippen LogP contribution >= 0.6 is 0 Å². The zero-order valence-corrected chi connectivity index (χ0v) is 12.9. The Morgan fingerprint density at radius 2 is 1.95 bits per heavy atom. The van der Waals surface area contributed by atoms with Gasteiger partial charge in [-0.05, 0) is 57.2 Å². The third kappa shape index (κ3) is 4.22. The monoisotopic (exact) mass is 297 g/mol. The molecule has 0 aromatic heterocycles. The second-order valence-electron chi connectivity index (χ2n) is 5.89. The normalized spacial score (nSPS) is 19.1. The molecule has 0 radical (unpaired) electrons. The van der Waals surface area contributed by atoms with Crippen LogP contribution in [-0.2, 0) is 0 Å². The predicted molar refractivity (Wildman–Crippen MR) is 81.1 cm³/mol. The molecular formula is C16H25F2N3. The number of rotatable bonds is 5. The summed E-state index contributed by atoms with van der Waals surface area (Å²) < 4.78 is 26.2. The number of hydrogen-bond donors (Lipinski definition) is 1. The maximum Gasteiger partial charge on any atom is 0.159 e. The van der Waals surface area contributed by atoms with Crippen LogP contribution in [0.15, 0.2) is 18.2 Å². The van der Waals surface area contributed by atoms with Gasteiger partial charge in [-0.2, -0.15) is 0 Å². The highest BCUT2D eigenvalue weighted by Crippen LogP contribution is 2.19. The van der Waals surface area contributed by atoms with Gasteiger partial charge < -0.3 is 15.5 Å². The second kappa shape index (κ2) is 7.29. The van der Waals surface area contributed by atoms with Crippen LogP contribution in [0.5, 0.6) is 0 Å². The molecule has 0 amide bonds. The Hall–Kier alpha value is -1.04. The van der Waals surface area contributed by atoms with E-state index in [1.807, 2.05) is 0 Å². The lowest BCUT2D eigenvalue weighted by molar-refractivity contribution is 0.127. The molecule has 0 bridgehead atoms. The number of likely N-dealkylation sites (N-methyl/N-ethyl adjacent to an activating group) is 1. The molecule has 1 aliphatic rings. The summed E-state index contributed by atoms with van der Waals surface area (Å²) >= 11 is 0. The summed E-state index contributed by atoms with van der Waals surface area (Å²) in [6, 6.07) is 4.13. The molecule has 5 heteroatoms. The van der Waals surface area contributed by atoms with Crippen molar-refractivity contribution < 1.29 is 8.78 Å². The van der Waals surface area contributed by atoms with Gasteiger partial charge in [0.05, 0.1) is 0 Å². The predicted octanol–water partition coefficient (Wildman–Crippen LogP) is 2.38. The largest absolute Gasteiger partial charge is 0.323 e. The van der Waals surface area contributed by atoms with Gasteiger partial charge in [-0.1, -0.05) is 13.0 Å². The number of benzene rings is 1. The van der Waals surface area contributed by atoms with Crippen molar-refractivity contribution in [3.63, 3.8) is 0 Å². The summed E-state index contributed by atoms with van der Waals surface area (Å²) in [5, 5.41) is 0. The van der Waals surface area contributed by atoms with Crippen LogP contribution < -0.4 is 5.73 Å². The third-order valence-electron chi connectivity index (χ3n) is 4.48. The second-order valence-corrected chi connectivity index (χ2v) is 5.89. The average molecular weight is 297 g/mol. The minimum atomic E-state index is -0.832. The van der Waals surface area contributed by atoms with E-state index >= 15 is 0 Å². The smallest absolute Gasteiger partial charge is 0.159 e. The van der Waals surface area contributed by atoms with Gasteiger partial charge in [-0.25, -0.2) is 8.78 Å². The highest BCUT2D eigenvalue weighted by molar-refractivity contribution is 5.21. The molecule has 1 fully saturated rings. The van der Waals surface area contributed by atoms with Gasteiger partial charge in [0.2, 0.25) is 0 Å². The lowest BCUT2D eigenvalue weighted by atomic mass is 10.0. The number of nitrogens with zero attached hydrogens (tertiary/aromatic N) is 2. The Morgan fingerprint density at radius 1 is 1.29 bits per heavy atom. The van der Waals surface area contributed by atoms with Crippen LogP contribution in [0.2, 0.25) is 0 Å². The Labute approximate surface area is 125 Å². The molecule has 1 aromatic carbocycles. The summed E-state index contributed by atoms with van der Waals surface area (Å²) in [5.74, 6) is -1.66. The molecule has 0 saturated carbocycles. The van der Waals surface area contributed by atoms with Crippen LogP contribution in [0, 0.1) is 11.6 Å². The van der Waals surface area contributed by atoms with Gasteiger partial charge in [-0.15, -0.1) is 0 Å². The molecule has 1 aliphatic heterocycles. The lowest BCUT2D eigenvalue weighted by Crippen LogP contribution is -2.45. The zero-order chi connectivity index (χ0) is 15.4. The first-order chi connectivity index (χ1) is 10.0. The summed E-state index contributed by atoms with van der Waals surface area (Å²) in [6.45, 7) is 6.17. The molecule has 2 rings (SSSR count). The lowest BCUT2D eigenvalue weighted by Gasteiger charge is -2.37. The molecule has 2 N–H and O–H groups in total. The summed E-state index contributed by atoms with van der Waals surface area (Å²) in [6.07, 6.45) is 2.27. The minimum Gasteiger partial charge on any atom is -0.323 e. The fourth-order valence-corrected chi connectivity index (χ4v) is 2.98. The zero-order valence-electron chi connectivity index (χ0n) is 12.9. The van der Waals surface area contributed by atoms with Gasteiger partial charge in [0.25, 0.3) is 0 Å². The molecular weight excluding hydrogens is 272 g/mol. The molecule has 118 valence electrons. The first-order valence-electron chi connectivity index (χ1n) is 7.64. The summed E-state index contributed by atoms with van der Waals surface area (Å²) in [5.41, 5.74) is 6.78. The van der Waals surface area contributed by atoms with E-state index in [0.29, 0.717) is 18.2 Å². The van der Waals surface area contributed by atoms with Gasteiger partial charge in [0.1, 0.15) is 0 Å². The van der Waals surface area contributed by atoms with Crippen molar-refractivity contribution in [2.75, 3.05) is 33.2 Å². The first-order valence-corrected chi connectivity index (χ1v) is 7.64. The molecule has 1 heterocycles. The Balaban J connectivity index is 1.89. The number of halogens is 2. The highest BCUT2D eigenvalue weighted by atomic mass is 19.2. The van der Waals surface area contributed by atoms with E-state index in [4.69, 9.17) is 5.73 Å². The van der Waals surface area contributed by atoms with Crippen molar-refractivity contribution in [1.29, 1.82) is 0 Å². The van der Waals surface area contributed by atoms with Crippen molar-refractivity contribution in [2.24, 2.45) is 5.73 Å². The first kappa shape index (κ1) is 16.3. The number of hydrogen-bond acceptors (Lipinski definition) is 3. The molecule has 0 spiro atoms. The maximum absolute atomic E-state index is 13.3. The van der Waals surface area contributed by atoms with Gasteiger partial charge >= 0.3 is 0 Å². The molecule has 1 unspecified atom stereocenters. The number of likely N-dealkylation sites (tertiary alicyclic amines) is 1. The molecule has 3 nitrogen and oxygen atoms in total. The highest BCUT2D eigenvalue weighted by Gasteiger charge is 2.23. The van der Waals surface area contributed by atoms with Crippen LogP contribution in [0.4, 0.5) is 8.78 Å². The third-order valence-corrected chi connectivity index (χ3v) is 4.48. The van der Waals surface area contributed by atoms with Crippen molar-refractivity contribution in [2.45, 2.75) is 31.8 Å². The van der Waals surface area contributed by atoms with E-state index in [1.165, 1.54) is 6.07 Å². The summed E-state index contributed by atoms with van der Waals surface area (Å²) in [7, 11) is 2.06. The van der Waals surface area contributed by atoms with Gasteiger partial charge in [0, 0.05) is 18.6 Å². The SMILES string of the molecule is CCN1CCC(N(C)CC(N)c2ccc(F)c(F)c2)CC1. The Bertz CT molecular complexity index is 459. The van der Waals surface area contributed by atoms with Crippen molar-refractivity contribution in [3.8, 4) is 0 Å². The van der Waals surface area contributed by atoms with Gasteiger partial charge in [0.15, 0.2) is 11.6 Å². The molecule has 1 aromatic rings. The number of piperidine rings is 1.